The standard InChI is InChI=1S/C13H14FN3/c1-9(12-4-2-3-7-16-12)17-13-6-5-10(14)8-11(13)15/h2-9,17H,15H2,1H3. The summed E-state index contributed by atoms with van der Waals surface area (Å²) in [5.74, 6) is -0.335. The number of halogens is 1. The average molecular weight is 231 g/mol. The Morgan fingerprint density at radius 2 is 2.12 bits per heavy atom. The fraction of sp³-hybridized carbons (Fsp3) is 0.154. The number of nitrogens with two attached hydrogens (primary N) is 1. The number of hydrogen-bond acceptors (Lipinski definition) is 3. The van der Waals surface area contributed by atoms with Crippen molar-refractivity contribution >= 4 is 11.4 Å². The van der Waals surface area contributed by atoms with E-state index in [2.05, 4.69) is 10.3 Å². The van der Waals surface area contributed by atoms with Crippen LogP contribution in [0.4, 0.5) is 15.8 Å². The molecule has 0 amide bonds. The first kappa shape index (κ1) is 11.4. The number of pyridine rings is 1. The molecule has 0 radical (unpaired) electrons. The van der Waals surface area contributed by atoms with E-state index < -0.39 is 0 Å². The molecule has 0 fully saturated rings. The van der Waals surface area contributed by atoms with Gasteiger partial charge in [0.25, 0.3) is 0 Å². The maximum atomic E-state index is 12.9. The Balaban J connectivity index is 2.16. The lowest BCUT2D eigenvalue weighted by molar-refractivity contribution is 0.628. The maximum Gasteiger partial charge on any atom is 0.125 e. The SMILES string of the molecule is CC(Nc1ccc(F)cc1N)c1ccccn1. The second kappa shape index (κ2) is 4.82. The number of nitrogen functional groups attached to an aromatic ring is 1. The minimum absolute atomic E-state index is 0.0176. The molecule has 0 aliphatic heterocycles. The number of nitrogens with zero attached hydrogens (tertiary/aromatic N) is 1. The van der Waals surface area contributed by atoms with Crippen molar-refractivity contribution < 1.29 is 4.39 Å². The molecule has 1 heterocycles. The van der Waals surface area contributed by atoms with Gasteiger partial charge in [-0.3, -0.25) is 4.98 Å². The van der Waals surface area contributed by atoms with E-state index >= 15 is 0 Å². The van der Waals surface area contributed by atoms with Gasteiger partial charge >= 0.3 is 0 Å². The third kappa shape index (κ3) is 2.72. The molecule has 0 bridgehead atoms. The zero-order valence-electron chi connectivity index (χ0n) is 9.52. The Bertz CT molecular complexity index is 499. The van der Waals surface area contributed by atoms with Gasteiger partial charge in [-0.1, -0.05) is 6.07 Å². The van der Waals surface area contributed by atoms with Crippen LogP contribution in [0, 0.1) is 5.82 Å². The summed E-state index contributed by atoms with van der Waals surface area (Å²) >= 11 is 0. The number of benzene rings is 1. The van der Waals surface area contributed by atoms with E-state index in [0.717, 1.165) is 5.69 Å². The molecular formula is C13H14FN3. The predicted molar refractivity (Wildman–Crippen MR) is 67.1 cm³/mol. The van der Waals surface area contributed by atoms with Crippen LogP contribution in [0.1, 0.15) is 18.7 Å². The first-order chi connectivity index (χ1) is 8.16. The van der Waals surface area contributed by atoms with Gasteiger partial charge in [0.05, 0.1) is 23.1 Å². The van der Waals surface area contributed by atoms with Crippen LogP contribution in [-0.2, 0) is 0 Å². The van der Waals surface area contributed by atoms with Crippen molar-refractivity contribution in [2.45, 2.75) is 13.0 Å². The van der Waals surface area contributed by atoms with Gasteiger partial charge in [-0.2, -0.15) is 0 Å². The average Bonchev–Trinajstić information content (AvgIpc) is 2.34. The van der Waals surface area contributed by atoms with E-state index in [1.54, 1.807) is 12.3 Å². The predicted octanol–water partition coefficient (Wildman–Crippen LogP) is 2.98. The molecule has 1 aromatic heterocycles. The molecule has 0 saturated heterocycles. The maximum absolute atomic E-state index is 12.9. The highest BCUT2D eigenvalue weighted by Crippen LogP contribution is 2.23. The first-order valence-electron chi connectivity index (χ1n) is 5.39. The highest BCUT2D eigenvalue weighted by molar-refractivity contribution is 5.66. The molecular weight excluding hydrogens is 217 g/mol. The van der Waals surface area contributed by atoms with Crippen LogP contribution in [0.5, 0.6) is 0 Å². The van der Waals surface area contributed by atoms with Crippen molar-refractivity contribution in [3.05, 3.63) is 54.1 Å². The monoisotopic (exact) mass is 231 g/mol. The van der Waals surface area contributed by atoms with Gasteiger partial charge in [0.1, 0.15) is 5.82 Å². The zero-order valence-corrected chi connectivity index (χ0v) is 9.52. The van der Waals surface area contributed by atoms with Gasteiger partial charge in [0.2, 0.25) is 0 Å². The quantitative estimate of drug-likeness (QED) is 0.798. The molecule has 0 spiro atoms. The summed E-state index contributed by atoms with van der Waals surface area (Å²) in [5, 5.41) is 3.20. The van der Waals surface area contributed by atoms with Gasteiger partial charge in [-0.05, 0) is 37.3 Å². The molecule has 1 aromatic carbocycles. The topological polar surface area (TPSA) is 50.9 Å². The Kier molecular flexibility index (Phi) is 3.23. The van der Waals surface area contributed by atoms with E-state index in [9.17, 15) is 4.39 Å². The summed E-state index contributed by atoms with van der Waals surface area (Å²) in [6, 6.07) is 10.0. The summed E-state index contributed by atoms with van der Waals surface area (Å²) in [5.41, 5.74) is 7.75. The fourth-order valence-electron chi connectivity index (χ4n) is 1.60. The molecule has 0 aliphatic carbocycles. The van der Waals surface area contributed by atoms with Crippen LogP contribution in [0.15, 0.2) is 42.6 Å². The van der Waals surface area contributed by atoms with Crippen LogP contribution in [0.2, 0.25) is 0 Å². The summed E-state index contributed by atoms with van der Waals surface area (Å²) in [6.45, 7) is 1.98. The first-order valence-corrected chi connectivity index (χ1v) is 5.39. The number of anilines is 2. The lowest BCUT2D eigenvalue weighted by Gasteiger charge is -2.16. The van der Waals surface area contributed by atoms with Crippen molar-refractivity contribution in [1.82, 2.24) is 4.98 Å². The Morgan fingerprint density at radius 1 is 1.29 bits per heavy atom. The molecule has 4 heteroatoms. The smallest absolute Gasteiger partial charge is 0.125 e. The van der Waals surface area contributed by atoms with Gasteiger partial charge in [-0.15, -0.1) is 0 Å². The number of aromatic nitrogens is 1. The van der Waals surface area contributed by atoms with Crippen LogP contribution in [0.25, 0.3) is 0 Å². The minimum Gasteiger partial charge on any atom is -0.397 e. The lowest BCUT2D eigenvalue weighted by atomic mass is 10.2. The van der Waals surface area contributed by atoms with Gasteiger partial charge in [-0.25, -0.2) is 4.39 Å². The third-order valence-electron chi connectivity index (χ3n) is 2.52. The Hall–Kier alpha value is -2.10. The van der Waals surface area contributed by atoms with Crippen LogP contribution >= 0.6 is 0 Å². The normalized spacial score (nSPS) is 12.1. The summed E-state index contributed by atoms with van der Waals surface area (Å²) in [6.07, 6.45) is 1.74. The van der Waals surface area contributed by atoms with Crippen LogP contribution in [0.3, 0.4) is 0 Å². The second-order valence-electron chi connectivity index (χ2n) is 3.85. The van der Waals surface area contributed by atoms with Gasteiger partial charge in [0.15, 0.2) is 0 Å². The fourth-order valence-corrected chi connectivity index (χ4v) is 1.60. The second-order valence-corrected chi connectivity index (χ2v) is 3.85. The molecule has 1 atom stereocenters. The molecule has 17 heavy (non-hydrogen) atoms. The summed E-state index contributed by atoms with van der Waals surface area (Å²) < 4.78 is 12.9. The lowest BCUT2D eigenvalue weighted by Crippen LogP contribution is -2.09. The van der Waals surface area contributed by atoms with E-state index in [4.69, 9.17) is 5.73 Å². The van der Waals surface area contributed by atoms with Crippen LogP contribution in [-0.4, -0.2) is 4.98 Å². The minimum atomic E-state index is -0.335. The van der Waals surface area contributed by atoms with Crippen LogP contribution < -0.4 is 11.1 Å². The zero-order chi connectivity index (χ0) is 12.3. The van der Waals surface area contributed by atoms with Crippen molar-refractivity contribution in [3.63, 3.8) is 0 Å². The van der Waals surface area contributed by atoms with Gasteiger partial charge in [0, 0.05) is 6.20 Å². The Morgan fingerprint density at radius 3 is 2.76 bits per heavy atom. The van der Waals surface area contributed by atoms with Crippen molar-refractivity contribution in [2.24, 2.45) is 0 Å². The van der Waals surface area contributed by atoms with E-state index in [-0.39, 0.29) is 11.9 Å². The molecule has 2 rings (SSSR count). The molecule has 0 saturated carbocycles. The summed E-state index contributed by atoms with van der Waals surface area (Å²) in [4.78, 5) is 4.24. The molecule has 0 aliphatic rings. The molecule has 2 aromatic rings. The van der Waals surface area contributed by atoms with E-state index in [0.29, 0.717) is 11.4 Å². The molecule has 1 unspecified atom stereocenters. The van der Waals surface area contributed by atoms with Crippen molar-refractivity contribution in [2.75, 3.05) is 11.1 Å². The van der Waals surface area contributed by atoms with E-state index in [1.165, 1.54) is 12.1 Å². The highest BCUT2D eigenvalue weighted by Gasteiger charge is 2.08. The van der Waals surface area contributed by atoms with Gasteiger partial charge < -0.3 is 11.1 Å². The largest absolute Gasteiger partial charge is 0.397 e. The molecule has 3 nitrogen and oxygen atoms in total. The number of hydrogen-bond donors (Lipinski definition) is 2. The summed E-state index contributed by atoms with van der Waals surface area (Å²) in [7, 11) is 0. The highest BCUT2D eigenvalue weighted by atomic mass is 19.1. The van der Waals surface area contributed by atoms with E-state index in [1.807, 2.05) is 25.1 Å². The third-order valence-corrected chi connectivity index (χ3v) is 2.52. The molecule has 88 valence electrons. The van der Waals surface area contributed by atoms with Crippen molar-refractivity contribution in [1.29, 1.82) is 0 Å². The van der Waals surface area contributed by atoms with Crippen molar-refractivity contribution in [3.8, 4) is 0 Å². The molecule has 3 N–H and O–H groups in total. The number of nitrogens with one attached hydrogen (secondary N) is 1. The Labute approximate surface area is 99.5 Å². The number of rotatable bonds is 3.